The molecule has 2 N–H and O–H groups in total. The summed E-state index contributed by atoms with van der Waals surface area (Å²) >= 11 is 0. The summed E-state index contributed by atoms with van der Waals surface area (Å²) in [5, 5.41) is 9.63. The van der Waals surface area contributed by atoms with E-state index in [0.717, 1.165) is 22.2 Å². The Balaban J connectivity index is 1.70. The molecular weight excluding hydrogens is 406 g/mol. The molecule has 4 rings (SSSR count). The molecule has 162 valence electrons. The first-order valence-electron chi connectivity index (χ1n) is 10.3. The topological polar surface area (TPSA) is 99.0 Å². The number of nitrogens with zero attached hydrogens (tertiary/aromatic N) is 2. The van der Waals surface area contributed by atoms with Crippen molar-refractivity contribution in [2.45, 2.75) is 13.3 Å². The van der Waals surface area contributed by atoms with E-state index in [-0.39, 0.29) is 6.61 Å². The average molecular weight is 429 g/mol. The first kappa shape index (κ1) is 21.1. The van der Waals surface area contributed by atoms with Gasteiger partial charge in [-0.2, -0.15) is 5.26 Å². The van der Waals surface area contributed by atoms with E-state index >= 15 is 0 Å². The Morgan fingerprint density at radius 2 is 1.84 bits per heavy atom. The second-order valence-corrected chi connectivity index (χ2v) is 7.14. The van der Waals surface area contributed by atoms with E-state index in [4.69, 9.17) is 25.2 Å². The average Bonchev–Trinajstić information content (AvgIpc) is 3.14. The second-order valence-electron chi connectivity index (χ2n) is 7.14. The minimum Gasteiger partial charge on any atom is -0.494 e. The highest BCUT2D eigenvalue weighted by atomic mass is 16.5. The number of benzene rings is 2. The highest BCUT2D eigenvalue weighted by Crippen LogP contribution is 2.35. The molecule has 0 radical (unpaired) electrons. The summed E-state index contributed by atoms with van der Waals surface area (Å²) in [6.07, 6.45) is 2.40. The van der Waals surface area contributed by atoms with Crippen LogP contribution in [0.5, 0.6) is 17.2 Å². The number of aromatic nitrogens is 1. The number of hydrogen-bond donors (Lipinski definition) is 1. The normalized spacial score (nSPS) is 10.8. The fourth-order valence-corrected chi connectivity index (χ4v) is 3.75. The monoisotopic (exact) mass is 429 g/mol. The van der Waals surface area contributed by atoms with Gasteiger partial charge in [-0.3, -0.25) is 4.79 Å². The molecule has 0 spiro atoms. The van der Waals surface area contributed by atoms with E-state index < -0.39 is 5.91 Å². The van der Waals surface area contributed by atoms with E-state index in [1.807, 2.05) is 65.9 Å². The van der Waals surface area contributed by atoms with E-state index in [1.54, 1.807) is 12.3 Å². The van der Waals surface area contributed by atoms with E-state index in [1.165, 1.54) is 0 Å². The fraction of sp³-hybridized carbons (Fsp3) is 0.200. The number of carbonyl (C=O) groups excluding carboxylic acids is 1. The van der Waals surface area contributed by atoms with Crippen LogP contribution in [0.25, 0.3) is 16.4 Å². The van der Waals surface area contributed by atoms with Gasteiger partial charge in [-0.1, -0.05) is 30.3 Å². The van der Waals surface area contributed by atoms with Gasteiger partial charge < -0.3 is 24.3 Å². The molecule has 0 unspecified atom stereocenters. The SMILES string of the molecule is CCOc1ccc(CCOc2cc(OCC#N)cn3c2c(C(N)=O)c2ccccc23)cc1. The quantitative estimate of drug-likeness (QED) is 0.432. The molecule has 0 fully saturated rings. The number of rotatable bonds is 9. The summed E-state index contributed by atoms with van der Waals surface area (Å²) in [7, 11) is 0. The number of nitrogens with two attached hydrogens (primary N) is 1. The van der Waals surface area contributed by atoms with Crippen molar-refractivity contribution in [3.8, 4) is 23.3 Å². The van der Waals surface area contributed by atoms with Gasteiger partial charge in [0.05, 0.1) is 30.5 Å². The first-order valence-corrected chi connectivity index (χ1v) is 10.3. The van der Waals surface area contributed by atoms with Crippen LogP contribution in [-0.4, -0.2) is 30.1 Å². The standard InChI is InChI=1S/C25H23N3O4/c1-2-30-18-9-7-17(8-10-18)11-13-32-22-15-19(31-14-12-26)16-28-21-6-4-3-5-20(21)23(24(22)28)25(27)29/h3-10,15-16H,2,11,13-14H2,1H3,(H2,27,29). The lowest BCUT2D eigenvalue weighted by atomic mass is 10.1. The van der Waals surface area contributed by atoms with Crippen molar-refractivity contribution < 1.29 is 19.0 Å². The Morgan fingerprint density at radius 1 is 1.06 bits per heavy atom. The Morgan fingerprint density at radius 3 is 2.56 bits per heavy atom. The number of pyridine rings is 1. The van der Waals surface area contributed by atoms with Gasteiger partial charge in [0, 0.05) is 17.9 Å². The van der Waals surface area contributed by atoms with Crippen molar-refractivity contribution in [2.24, 2.45) is 5.73 Å². The number of ether oxygens (including phenoxy) is 3. The first-order chi connectivity index (χ1) is 15.6. The molecule has 7 nitrogen and oxygen atoms in total. The molecule has 0 aliphatic heterocycles. The molecule has 4 aromatic rings. The molecule has 0 aliphatic rings. The number of amides is 1. The van der Waals surface area contributed by atoms with Gasteiger partial charge in [0.2, 0.25) is 0 Å². The molecule has 2 heterocycles. The lowest BCUT2D eigenvalue weighted by Crippen LogP contribution is -2.12. The van der Waals surface area contributed by atoms with Gasteiger partial charge >= 0.3 is 0 Å². The van der Waals surface area contributed by atoms with Crippen molar-refractivity contribution in [1.29, 1.82) is 5.26 Å². The second kappa shape index (κ2) is 9.31. The highest BCUT2D eigenvalue weighted by Gasteiger charge is 2.21. The van der Waals surface area contributed by atoms with Gasteiger partial charge in [-0.25, -0.2) is 0 Å². The largest absolute Gasteiger partial charge is 0.494 e. The lowest BCUT2D eigenvalue weighted by molar-refractivity contribution is 0.100. The van der Waals surface area contributed by atoms with Crippen molar-refractivity contribution in [2.75, 3.05) is 19.8 Å². The Kier molecular flexibility index (Phi) is 6.13. The van der Waals surface area contributed by atoms with Crippen LogP contribution in [0.4, 0.5) is 0 Å². The van der Waals surface area contributed by atoms with Crippen molar-refractivity contribution in [3.63, 3.8) is 0 Å². The minimum absolute atomic E-state index is 0.0982. The van der Waals surface area contributed by atoms with E-state index in [9.17, 15) is 4.79 Å². The van der Waals surface area contributed by atoms with Crippen LogP contribution in [0.2, 0.25) is 0 Å². The van der Waals surface area contributed by atoms with Crippen molar-refractivity contribution >= 4 is 22.3 Å². The summed E-state index contributed by atoms with van der Waals surface area (Å²) in [5.41, 5.74) is 8.61. The maximum atomic E-state index is 12.3. The van der Waals surface area contributed by atoms with Gasteiger partial charge in [-0.15, -0.1) is 0 Å². The molecule has 2 aromatic heterocycles. The summed E-state index contributed by atoms with van der Waals surface area (Å²) in [4.78, 5) is 12.3. The molecule has 0 aliphatic carbocycles. The molecule has 7 heteroatoms. The van der Waals surface area contributed by atoms with Crippen LogP contribution in [-0.2, 0) is 6.42 Å². The van der Waals surface area contributed by atoms with Crippen molar-refractivity contribution in [1.82, 2.24) is 4.40 Å². The number of carbonyl (C=O) groups is 1. The minimum atomic E-state index is -0.536. The molecule has 0 bridgehead atoms. The van der Waals surface area contributed by atoms with Crippen LogP contribution in [0, 0.1) is 11.3 Å². The summed E-state index contributed by atoms with van der Waals surface area (Å²) < 4.78 is 19.0. The lowest BCUT2D eigenvalue weighted by Gasteiger charge is -2.12. The predicted octanol–water partition coefficient (Wildman–Crippen LogP) is 4.11. The fourth-order valence-electron chi connectivity index (χ4n) is 3.75. The van der Waals surface area contributed by atoms with Crippen LogP contribution in [0.15, 0.2) is 60.8 Å². The molecule has 32 heavy (non-hydrogen) atoms. The highest BCUT2D eigenvalue weighted by molar-refractivity contribution is 6.14. The van der Waals surface area contributed by atoms with Gasteiger partial charge in [-0.05, 0) is 30.7 Å². The Hall–Kier alpha value is -4.18. The number of hydrogen-bond acceptors (Lipinski definition) is 5. The third-order valence-corrected chi connectivity index (χ3v) is 5.11. The molecule has 2 aromatic carbocycles. The third-order valence-electron chi connectivity index (χ3n) is 5.11. The molecular formula is C25H23N3O4. The van der Waals surface area contributed by atoms with E-state index in [2.05, 4.69) is 0 Å². The Labute approximate surface area is 185 Å². The van der Waals surface area contributed by atoms with E-state index in [0.29, 0.717) is 42.2 Å². The summed E-state index contributed by atoms with van der Waals surface area (Å²) in [6, 6.07) is 19.0. The summed E-state index contributed by atoms with van der Waals surface area (Å²) in [6.45, 7) is 2.85. The van der Waals surface area contributed by atoms with Crippen LogP contribution in [0.3, 0.4) is 0 Å². The predicted molar refractivity (Wildman–Crippen MR) is 121 cm³/mol. The zero-order valence-electron chi connectivity index (χ0n) is 17.7. The van der Waals surface area contributed by atoms with Gasteiger partial charge in [0.1, 0.15) is 28.8 Å². The van der Waals surface area contributed by atoms with Crippen LogP contribution in [0.1, 0.15) is 22.8 Å². The van der Waals surface area contributed by atoms with Crippen LogP contribution >= 0.6 is 0 Å². The Bertz CT molecular complexity index is 1300. The smallest absolute Gasteiger partial charge is 0.251 e. The maximum absolute atomic E-state index is 12.3. The summed E-state index contributed by atoms with van der Waals surface area (Å²) in [5.74, 6) is 1.22. The zero-order chi connectivity index (χ0) is 22.5. The number of primary amides is 1. The molecule has 0 atom stereocenters. The van der Waals surface area contributed by atoms with Crippen molar-refractivity contribution in [3.05, 3.63) is 71.9 Å². The number of para-hydroxylation sites is 1. The molecule has 1 amide bonds. The van der Waals surface area contributed by atoms with Crippen LogP contribution < -0.4 is 19.9 Å². The molecule has 0 saturated heterocycles. The maximum Gasteiger partial charge on any atom is 0.251 e. The van der Waals surface area contributed by atoms with Gasteiger partial charge in [0.25, 0.3) is 5.91 Å². The number of fused-ring (bicyclic) bond motifs is 3. The molecule has 0 saturated carbocycles. The third kappa shape index (κ3) is 4.16. The number of nitriles is 1. The zero-order valence-corrected chi connectivity index (χ0v) is 17.7. The van der Waals surface area contributed by atoms with Gasteiger partial charge in [0.15, 0.2) is 6.61 Å².